The topological polar surface area (TPSA) is 46.5 Å². The molecular formula is C12H13ClO3. The van der Waals surface area contributed by atoms with Crippen LogP contribution in [0.25, 0.3) is 0 Å². The molecule has 1 aromatic rings. The van der Waals surface area contributed by atoms with Crippen LogP contribution in [0.15, 0.2) is 24.3 Å². The third-order valence-electron chi connectivity index (χ3n) is 3.05. The second-order valence-corrected chi connectivity index (χ2v) is 4.49. The number of aliphatic carboxylic acids is 1. The van der Waals surface area contributed by atoms with Gasteiger partial charge in [-0.2, -0.15) is 0 Å². The van der Waals surface area contributed by atoms with E-state index in [2.05, 4.69) is 0 Å². The molecule has 86 valence electrons. The van der Waals surface area contributed by atoms with E-state index in [0.717, 1.165) is 12.0 Å². The van der Waals surface area contributed by atoms with Crippen molar-refractivity contribution in [2.75, 3.05) is 13.2 Å². The highest BCUT2D eigenvalue weighted by Gasteiger charge is 2.42. The van der Waals surface area contributed by atoms with Gasteiger partial charge in [0.05, 0.1) is 6.61 Å². The lowest BCUT2D eigenvalue weighted by Gasteiger charge is -2.33. The van der Waals surface area contributed by atoms with Gasteiger partial charge in [-0.25, -0.2) is 0 Å². The second-order valence-electron chi connectivity index (χ2n) is 4.05. The zero-order chi connectivity index (χ0) is 11.6. The molecule has 3 nitrogen and oxygen atoms in total. The number of benzene rings is 1. The number of hydrogen-bond donors (Lipinski definition) is 1. The van der Waals surface area contributed by atoms with Gasteiger partial charge in [-0.1, -0.05) is 23.7 Å². The van der Waals surface area contributed by atoms with Gasteiger partial charge in [0.25, 0.3) is 0 Å². The molecule has 1 fully saturated rings. The molecule has 1 N–H and O–H groups in total. The molecule has 0 spiro atoms. The Morgan fingerprint density at radius 1 is 1.38 bits per heavy atom. The fourth-order valence-electron chi connectivity index (χ4n) is 2.08. The Bertz CT molecular complexity index is 380. The van der Waals surface area contributed by atoms with E-state index in [9.17, 15) is 9.90 Å². The number of hydrogen-bond acceptors (Lipinski definition) is 2. The fraction of sp³-hybridized carbons (Fsp3) is 0.417. The summed E-state index contributed by atoms with van der Waals surface area (Å²) in [5, 5.41) is 10.0. The van der Waals surface area contributed by atoms with Crippen LogP contribution in [0.2, 0.25) is 5.02 Å². The van der Waals surface area contributed by atoms with Crippen molar-refractivity contribution in [2.24, 2.45) is 0 Å². The van der Waals surface area contributed by atoms with Crippen LogP contribution in [-0.4, -0.2) is 24.3 Å². The Labute approximate surface area is 99.0 Å². The molecule has 0 amide bonds. The number of carbonyl (C=O) groups is 1. The summed E-state index contributed by atoms with van der Waals surface area (Å²) in [6.45, 7) is 0.882. The van der Waals surface area contributed by atoms with E-state index in [0.29, 0.717) is 18.1 Å². The molecule has 0 bridgehead atoms. The zero-order valence-electron chi connectivity index (χ0n) is 8.78. The lowest BCUT2D eigenvalue weighted by Crippen LogP contribution is -2.43. The van der Waals surface area contributed by atoms with E-state index in [1.54, 1.807) is 24.3 Å². The van der Waals surface area contributed by atoms with Gasteiger partial charge >= 0.3 is 5.97 Å². The number of rotatable bonds is 2. The van der Waals surface area contributed by atoms with Gasteiger partial charge in [0, 0.05) is 11.6 Å². The first-order chi connectivity index (χ1) is 7.65. The summed E-state index contributed by atoms with van der Waals surface area (Å²) in [4.78, 5) is 11.4. The van der Waals surface area contributed by atoms with Crippen molar-refractivity contribution >= 4 is 17.6 Å². The summed E-state index contributed by atoms with van der Waals surface area (Å²) in [5.41, 5.74) is -0.132. The van der Waals surface area contributed by atoms with Crippen molar-refractivity contribution in [3.63, 3.8) is 0 Å². The number of ether oxygens (including phenoxy) is 1. The predicted octanol–water partition coefficient (Wildman–Crippen LogP) is 2.47. The van der Waals surface area contributed by atoms with Crippen molar-refractivity contribution in [2.45, 2.75) is 18.3 Å². The predicted molar refractivity (Wildman–Crippen MR) is 60.8 cm³/mol. The average molecular weight is 241 g/mol. The molecular weight excluding hydrogens is 228 g/mol. The molecule has 1 heterocycles. The van der Waals surface area contributed by atoms with Gasteiger partial charge in [0.2, 0.25) is 0 Å². The molecule has 1 aromatic carbocycles. The molecule has 4 heteroatoms. The molecule has 2 rings (SSSR count). The minimum Gasteiger partial charge on any atom is -0.481 e. The molecule has 0 radical (unpaired) electrons. The van der Waals surface area contributed by atoms with Gasteiger partial charge in [-0.15, -0.1) is 0 Å². The standard InChI is InChI=1S/C12H13ClO3/c13-10-4-2-9(3-5-10)12(11(14)15)6-1-7-16-8-12/h2-5H,1,6-8H2,(H,14,15). The maximum Gasteiger partial charge on any atom is 0.316 e. The van der Waals surface area contributed by atoms with Crippen LogP contribution in [0.3, 0.4) is 0 Å². The molecule has 0 saturated carbocycles. The van der Waals surface area contributed by atoms with E-state index >= 15 is 0 Å². The summed E-state index contributed by atoms with van der Waals surface area (Å²) in [5.74, 6) is -0.825. The molecule has 0 aromatic heterocycles. The van der Waals surface area contributed by atoms with Gasteiger partial charge in [0.1, 0.15) is 5.41 Å². The van der Waals surface area contributed by atoms with Crippen LogP contribution in [0.4, 0.5) is 0 Å². The Morgan fingerprint density at radius 3 is 2.56 bits per heavy atom. The van der Waals surface area contributed by atoms with Crippen molar-refractivity contribution in [3.8, 4) is 0 Å². The highest BCUT2D eigenvalue weighted by molar-refractivity contribution is 6.30. The monoisotopic (exact) mass is 240 g/mol. The summed E-state index contributed by atoms with van der Waals surface area (Å²) in [7, 11) is 0. The molecule has 1 aliphatic heterocycles. The minimum absolute atomic E-state index is 0.240. The number of carboxylic acids is 1. The van der Waals surface area contributed by atoms with Crippen LogP contribution in [0.1, 0.15) is 18.4 Å². The second kappa shape index (κ2) is 4.44. The van der Waals surface area contributed by atoms with E-state index in [1.807, 2.05) is 0 Å². The normalized spacial score (nSPS) is 25.3. The Hall–Kier alpha value is -1.06. The van der Waals surface area contributed by atoms with Crippen molar-refractivity contribution in [3.05, 3.63) is 34.9 Å². The largest absolute Gasteiger partial charge is 0.481 e. The molecule has 1 unspecified atom stereocenters. The molecule has 16 heavy (non-hydrogen) atoms. The maximum absolute atomic E-state index is 11.4. The lowest BCUT2D eigenvalue weighted by molar-refractivity contribution is -0.149. The Kier molecular flexibility index (Phi) is 3.17. The van der Waals surface area contributed by atoms with Crippen LogP contribution in [-0.2, 0) is 14.9 Å². The van der Waals surface area contributed by atoms with Crippen LogP contribution < -0.4 is 0 Å². The third-order valence-corrected chi connectivity index (χ3v) is 3.30. The first kappa shape index (κ1) is 11.4. The highest BCUT2D eigenvalue weighted by Crippen LogP contribution is 2.34. The van der Waals surface area contributed by atoms with Crippen LogP contribution in [0, 0.1) is 0 Å². The summed E-state index contributed by atoms with van der Waals surface area (Å²) < 4.78 is 5.32. The Morgan fingerprint density at radius 2 is 2.06 bits per heavy atom. The van der Waals surface area contributed by atoms with Crippen molar-refractivity contribution in [1.82, 2.24) is 0 Å². The van der Waals surface area contributed by atoms with Crippen molar-refractivity contribution < 1.29 is 14.6 Å². The van der Waals surface area contributed by atoms with Gasteiger partial charge in [-0.3, -0.25) is 4.79 Å². The van der Waals surface area contributed by atoms with Crippen LogP contribution >= 0.6 is 11.6 Å². The summed E-state index contributed by atoms with van der Waals surface area (Å²) >= 11 is 5.80. The van der Waals surface area contributed by atoms with E-state index in [-0.39, 0.29) is 6.61 Å². The quantitative estimate of drug-likeness (QED) is 0.864. The SMILES string of the molecule is O=C(O)C1(c2ccc(Cl)cc2)CCCOC1. The first-order valence-corrected chi connectivity index (χ1v) is 5.60. The maximum atomic E-state index is 11.4. The van der Waals surface area contributed by atoms with E-state index in [4.69, 9.17) is 16.3 Å². The Balaban J connectivity index is 2.38. The molecule has 1 aliphatic rings. The summed E-state index contributed by atoms with van der Waals surface area (Å²) in [6, 6.07) is 6.97. The van der Waals surface area contributed by atoms with E-state index < -0.39 is 11.4 Å². The number of halogens is 1. The average Bonchev–Trinajstić information content (AvgIpc) is 2.30. The zero-order valence-corrected chi connectivity index (χ0v) is 9.54. The van der Waals surface area contributed by atoms with Crippen LogP contribution in [0.5, 0.6) is 0 Å². The molecule has 1 saturated heterocycles. The third kappa shape index (κ3) is 1.93. The van der Waals surface area contributed by atoms with Gasteiger partial charge in [0.15, 0.2) is 0 Å². The highest BCUT2D eigenvalue weighted by atomic mass is 35.5. The molecule has 1 atom stereocenters. The van der Waals surface area contributed by atoms with E-state index in [1.165, 1.54) is 0 Å². The fourth-order valence-corrected chi connectivity index (χ4v) is 2.21. The van der Waals surface area contributed by atoms with Gasteiger partial charge < -0.3 is 9.84 Å². The number of carboxylic acid groups (broad SMARTS) is 1. The van der Waals surface area contributed by atoms with Gasteiger partial charge in [-0.05, 0) is 30.5 Å². The summed E-state index contributed by atoms with van der Waals surface area (Å²) in [6.07, 6.45) is 1.39. The first-order valence-electron chi connectivity index (χ1n) is 5.22. The van der Waals surface area contributed by atoms with Crippen molar-refractivity contribution in [1.29, 1.82) is 0 Å². The minimum atomic E-state index is -0.900. The molecule has 0 aliphatic carbocycles. The lowest BCUT2D eigenvalue weighted by atomic mass is 9.76. The smallest absolute Gasteiger partial charge is 0.316 e.